The van der Waals surface area contributed by atoms with Crippen LogP contribution in [0.2, 0.25) is 0 Å². The summed E-state index contributed by atoms with van der Waals surface area (Å²) in [6.45, 7) is 6.16. The molecule has 0 amide bonds. The molecule has 0 aliphatic carbocycles. The molecule has 2 atom stereocenters. The van der Waals surface area contributed by atoms with Crippen LogP contribution in [0.1, 0.15) is 43.7 Å². The Morgan fingerprint density at radius 2 is 2.11 bits per heavy atom. The van der Waals surface area contributed by atoms with E-state index in [0.29, 0.717) is 6.10 Å². The van der Waals surface area contributed by atoms with Gasteiger partial charge in [0.05, 0.1) is 12.1 Å². The topological polar surface area (TPSA) is 51.6 Å². The Morgan fingerprint density at radius 3 is 2.58 bits per heavy atom. The average molecular weight is 266 g/mol. The number of likely N-dealkylation sites (tertiary alicyclic amines) is 1. The monoisotopic (exact) mass is 266 g/mol. The zero-order chi connectivity index (χ0) is 13.8. The Hall–Kier alpha value is -0.840. The lowest BCUT2D eigenvalue weighted by Crippen LogP contribution is -2.45. The third-order valence-electron chi connectivity index (χ3n) is 4.13. The SMILES string of the molecule is CCC(N)C(c1ccc(C)o1)N1CCC(OC)CC1. The van der Waals surface area contributed by atoms with Crippen LogP contribution in [0.4, 0.5) is 0 Å². The number of rotatable bonds is 5. The van der Waals surface area contributed by atoms with Crippen molar-refractivity contribution < 1.29 is 9.15 Å². The van der Waals surface area contributed by atoms with Crippen LogP contribution in [-0.2, 0) is 4.74 Å². The highest BCUT2D eigenvalue weighted by molar-refractivity contribution is 5.12. The highest BCUT2D eigenvalue weighted by atomic mass is 16.5. The molecule has 1 aliphatic heterocycles. The third-order valence-corrected chi connectivity index (χ3v) is 4.13. The van der Waals surface area contributed by atoms with Crippen LogP contribution < -0.4 is 5.73 Å². The molecule has 0 radical (unpaired) electrons. The van der Waals surface area contributed by atoms with E-state index in [4.69, 9.17) is 14.9 Å². The Bertz CT molecular complexity index is 383. The number of nitrogens with two attached hydrogens (primary N) is 1. The van der Waals surface area contributed by atoms with Gasteiger partial charge in [0.1, 0.15) is 11.5 Å². The van der Waals surface area contributed by atoms with E-state index in [2.05, 4.69) is 17.9 Å². The number of furan rings is 1. The van der Waals surface area contributed by atoms with Gasteiger partial charge in [-0.3, -0.25) is 4.90 Å². The van der Waals surface area contributed by atoms with Crippen LogP contribution in [0.15, 0.2) is 16.5 Å². The molecule has 108 valence electrons. The smallest absolute Gasteiger partial charge is 0.122 e. The van der Waals surface area contributed by atoms with Crippen LogP contribution >= 0.6 is 0 Å². The first-order valence-corrected chi connectivity index (χ1v) is 7.24. The molecule has 4 nitrogen and oxygen atoms in total. The normalized spacial score (nSPS) is 21.5. The average Bonchev–Trinajstić information content (AvgIpc) is 2.86. The number of aryl methyl sites for hydroxylation is 1. The number of piperidine rings is 1. The van der Waals surface area contributed by atoms with Gasteiger partial charge in [-0.1, -0.05) is 6.92 Å². The van der Waals surface area contributed by atoms with E-state index in [-0.39, 0.29) is 12.1 Å². The van der Waals surface area contributed by atoms with E-state index >= 15 is 0 Å². The third kappa shape index (κ3) is 3.38. The molecule has 0 aromatic carbocycles. The molecule has 0 saturated carbocycles. The number of ether oxygens (including phenoxy) is 1. The molecule has 2 N–H and O–H groups in total. The van der Waals surface area contributed by atoms with E-state index in [9.17, 15) is 0 Å². The van der Waals surface area contributed by atoms with E-state index < -0.39 is 0 Å². The first-order chi connectivity index (χ1) is 9.15. The van der Waals surface area contributed by atoms with E-state index in [0.717, 1.165) is 43.9 Å². The summed E-state index contributed by atoms with van der Waals surface area (Å²) in [5.74, 6) is 1.96. The summed E-state index contributed by atoms with van der Waals surface area (Å²) in [5.41, 5.74) is 6.32. The van der Waals surface area contributed by atoms with Crippen molar-refractivity contribution in [3.05, 3.63) is 23.7 Å². The number of hydrogen-bond acceptors (Lipinski definition) is 4. The standard InChI is InChI=1S/C15H26N2O2/c1-4-13(16)15(14-6-5-11(2)19-14)17-9-7-12(18-3)8-10-17/h5-6,12-13,15H,4,7-10,16H2,1-3H3. The van der Waals surface area contributed by atoms with Crippen LogP contribution in [0.5, 0.6) is 0 Å². The molecule has 4 heteroatoms. The second-order valence-electron chi connectivity index (χ2n) is 5.44. The molecule has 2 unspecified atom stereocenters. The first kappa shape index (κ1) is 14.6. The van der Waals surface area contributed by atoms with Crippen LogP contribution in [-0.4, -0.2) is 37.2 Å². The minimum absolute atomic E-state index is 0.115. The van der Waals surface area contributed by atoms with Gasteiger partial charge in [-0.2, -0.15) is 0 Å². The summed E-state index contributed by atoms with van der Waals surface area (Å²) in [6, 6.07) is 4.39. The van der Waals surface area contributed by atoms with Crippen LogP contribution in [0.3, 0.4) is 0 Å². The van der Waals surface area contributed by atoms with E-state index in [1.54, 1.807) is 7.11 Å². The van der Waals surface area contributed by atoms with Crippen molar-refractivity contribution >= 4 is 0 Å². The highest BCUT2D eigenvalue weighted by Crippen LogP contribution is 2.29. The molecular weight excluding hydrogens is 240 g/mol. The Morgan fingerprint density at radius 1 is 1.42 bits per heavy atom. The summed E-state index contributed by atoms with van der Waals surface area (Å²) < 4.78 is 11.3. The predicted molar refractivity (Wildman–Crippen MR) is 76.1 cm³/mol. The van der Waals surface area contributed by atoms with Crippen LogP contribution in [0.25, 0.3) is 0 Å². The fourth-order valence-electron chi connectivity index (χ4n) is 2.89. The maximum absolute atomic E-state index is 6.32. The Kier molecular flexibility index (Phi) is 5.02. The summed E-state index contributed by atoms with van der Waals surface area (Å²) >= 11 is 0. The van der Waals surface area contributed by atoms with Gasteiger partial charge in [0.25, 0.3) is 0 Å². The molecule has 0 spiro atoms. The second-order valence-corrected chi connectivity index (χ2v) is 5.44. The summed E-state index contributed by atoms with van der Waals surface area (Å²) in [7, 11) is 1.80. The first-order valence-electron chi connectivity index (χ1n) is 7.24. The molecule has 1 aromatic rings. The van der Waals surface area contributed by atoms with Gasteiger partial charge in [-0.25, -0.2) is 0 Å². The molecule has 0 bridgehead atoms. The van der Waals surface area contributed by atoms with Gasteiger partial charge < -0.3 is 14.9 Å². The summed E-state index contributed by atoms with van der Waals surface area (Å²) in [5, 5.41) is 0. The van der Waals surface area contributed by atoms with Gasteiger partial charge in [-0.15, -0.1) is 0 Å². The molecular formula is C15H26N2O2. The van der Waals surface area contributed by atoms with Crippen molar-refractivity contribution in [2.45, 2.75) is 51.3 Å². The molecule has 1 fully saturated rings. The maximum Gasteiger partial charge on any atom is 0.122 e. The minimum Gasteiger partial charge on any atom is -0.465 e. The summed E-state index contributed by atoms with van der Waals surface area (Å²) in [4.78, 5) is 2.45. The van der Waals surface area contributed by atoms with Gasteiger partial charge >= 0.3 is 0 Å². The van der Waals surface area contributed by atoms with Crippen molar-refractivity contribution in [2.24, 2.45) is 5.73 Å². The van der Waals surface area contributed by atoms with Crippen molar-refractivity contribution in [3.8, 4) is 0 Å². The van der Waals surface area contributed by atoms with Crippen molar-refractivity contribution in [3.63, 3.8) is 0 Å². The fourth-order valence-corrected chi connectivity index (χ4v) is 2.89. The van der Waals surface area contributed by atoms with Gasteiger partial charge in [0, 0.05) is 26.2 Å². The molecule has 1 aromatic heterocycles. The van der Waals surface area contributed by atoms with Gasteiger partial charge in [0.2, 0.25) is 0 Å². The highest BCUT2D eigenvalue weighted by Gasteiger charge is 2.31. The minimum atomic E-state index is 0.115. The van der Waals surface area contributed by atoms with Crippen molar-refractivity contribution in [2.75, 3.05) is 20.2 Å². The van der Waals surface area contributed by atoms with Gasteiger partial charge in [0.15, 0.2) is 0 Å². The van der Waals surface area contributed by atoms with Crippen molar-refractivity contribution in [1.82, 2.24) is 4.90 Å². The quantitative estimate of drug-likeness (QED) is 0.889. The second kappa shape index (κ2) is 6.55. The van der Waals surface area contributed by atoms with Gasteiger partial charge in [-0.05, 0) is 38.3 Å². The maximum atomic E-state index is 6.32. The van der Waals surface area contributed by atoms with Crippen molar-refractivity contribution in [1.29, 1.82) is 0 Å². The van der Waals surface area contributed by atoms with E-state index in [1.165, 1.54) is 0 Å². The Labute approximate surface area is 115 Å². The molecule has 2 rings (SSSR count). The lowest BCUT2D eigenvalue weighted by molar-refractivity contribution is 0.0181. The zero-order valence-corrected chi connectivity index (χ0v) is 12.3. The fraction of sp³-hybridized carbons (Fsp3) is 0.733. The number of nitrogens with zero attached hydrogens (tertiary/aromatic N) is 1. The molecule has 19 heavy (non-hydrogen) atoms. The lowest BCUT2D eigenvalue weighted by Gasteiger charge is -2.38. The number of hydrogen-bond donors (Lipinski definition) is 1. The number of methoxy groups -OCH3 is 1. The predicted octanol–water partition coefficient (Wildman–Crippen LogP) is 2.48. The molecule has 1 aliphatic rings. The zero-order valence-electron chi connectivity index (χ0n) is 12.3. The summed E-state index contributed by atoms with van der Waals surface area (Å²) in [6.07, 6.45) is 3.49. The Balaban J connectivity index is 2.10. The van der Waals surface area contributed by atoms with E-state index in [1.807, 2.05) is 13.0 Å². The van der Waals surface area contributed by atoms with Crippen LogP contribution in [0, 0.1) is 6.92 Å². The molecule has 2 heterocycles. The lowest BCUT2D eigenvalue weighted by atomic mass is 9.98. The largest absolute Gasteiger partial charge is 0.465 e. The molecule has 1 saturated heterocycles.